The molecule has 12 nitrogen and oxygen atoms in total. The number of anilines is 1. The van der Waals surface area contributed by atoms with Crippen LogP contribution in [0.5, 0.6) is 5.75 Å². The van der Waals surface area contributed by atoms with Crippen LogP contribution in [0.3, 0.4) is 0 Å². The Kier molecular flexibility index (Phi) is 4.37. The number of nitro benzene ring substituents is 2. The highest BCUT2D eigenvalue weighted by molar-refractivity contribution is 6.03. The van der Waals surface area contributed by atoms with Crippen molar-refractivity contribution in [2.75, 3.05) is 5.73 Å². The average molecular weight is 384 g/mol. The van der Waals surface area contributed by atoms with Gasteiger partial charge in [-0.2, -0.15) is 5.10 Å². The fraction of sp³-hybridized carbons (Fsp3) is 0. The number of aromatic hydroxyl groups is 1. The third kappa shape index (κ3) is 3.05. The molecule has 2 aromatic carbocycles. The summed E-state index contributed by atoms with van der Waals surface area (Å²) in [4.78, 5) is 32.6. The molecular formula is C16H12N6O6. The molecule has 0 aliphatic rings. The van der Waals surface area contributed by atoms with Gasteiger partial charge in [0.15, 0.2) is 0 Å². The molecular weight excluding hydrogens is 372 g/mol. The molecule has 0 atom stereocenters. The first kappa shape index (κ1) is 18.3. The summed E-state index contributed by atoms with van der Waals surface area (Å²) in [6.07, 6.45) is 0. The number of nitrogen functional groups attached to an aromatic ring is 1. The lowest BCUT2D eigenvalue weighted by Gasteiger charge is -2.05. The number of carbonyl (C=O) groups is 1. The number of nitrogens with zero attached hydrogens (tertiary/aromatic N) is 4. The minimum absolute atomic E-state index is 0.00597. The molecule has 0 spiro atoms. The summed E-state index contributed by atoms with van der Waals surface area (Å²) in [5.41, 5.74) is 10.1. The lowest BCUT2D eigenvalue weighted by Crippen LogP contribution is -2.14. The van der Waals surface area contributed by atoms with Crippen molar-refractivity contribution in [2.24, 2.45) is 5.73 Å². The summed E-state index contributed by atoms with van der Waals surface area (Å²) in [6.45, 7) is 0. The zero-order valence-corrected chi connectivity index (χ0v) is 14.0. The van der Waals surface area contributed by atoms with Crippen molar-refractivity contribution in [3.05, 3.63) is 68.3 Å². The predicted octanol–water partition coefficient (Wildman–Crippen LogP) is 1.74. The summed E-state index contributed by atoms with van der Waals surface area (Å²) in [5.74, 6) is -1.34. The summed E-state index contributed by atoms with van der Waals surface area (Å²) in [5, 5.41) is 36.1. The fourth-order valence-corrected chi connectivity index (χ4v) is 2.66. The molecule has 0 aliphatic carbocycles. The van der Waals surface area contributed by atoms with Crippen LogP contribution in [0, 0.1) is 20.2 Å². The number of aromatic nitrogens is 2. The first-order valence-electron chi connectivity index (χ1n) is 7.61. The molecule has 28 heavy (non-hydrogen) atoms. The number of non-ortho nitro benzene ring substituents is 1. The maximum absolute atomic E-state index is 11.9. The Labute approximate surface area is 155 Å². The molecule has 3 aromatic rings. The smallest absolute Gasteiger partial charge is 0.301 e. The van der Waals surface area contributed by atoms with E-state index in [0.29, 0.717) is 5.56 Å². The van der Waals surface area contributed by atoms with Gasteiger partial charge in [0.25, 0.3) is 11.6 Å². The lowest BCUT2D eigenvalue weighted by atomic mass is 10.1. The fourth-order valence-electron chi connectivity index (χ4n) is 2.66. The SMILES string of the molecule is NC(=O)c1c(-c2cccc(O)c2)nn(-c2ccc([N+](=O)[O-])cc2[N+](=O)[O-])c1N. The highest BCUT2D eigenvalue weighted by Gasteiger charge is 2.27. The van der Waals surface area contributed by atoms with Crippen LogP contribution >= 0.6 is 0 Å². The summed E-state index contributed by atoms with van der Waals surface area (Å²) < 4.78 is 0.904. The Morgan fingerprint density at radius 2 is 1.82 bits per heavy atom. The molecule has 0 aliphatic heterocycles. The van der Waals surface area contributed by atoms with E-state index in [1.54, 1.807) is 0 Å². The number of phenols is 1. The van der Waals surface area contributed by atoms with E-state index in [1.165, 1.54) is 24.3 Å². The van der Waals surface area contributed by atoms with Gasteiger partial charge in [-0.25, -0.2) is 4.68 Å². The highest BCUT2D eigenvalue weighted by Crippen LogP contribution is 2.34. The van der Waals surface area contributed by atoms with Crippen molar-refractivity contribution in [3.63, 3.8) is 0 Å². The van der Waals surface area contributed by atoms with Crippen LogP contribution in [0.4, 0.5) is 17.2 Å². The van der Waals surface area contributed by atoms with E-state index in [0.717, 1.165) is 22.9 Å². The summed E-state index contributed by atoms with van der Waals surface area (Å²) in [7, 11) is 0. The van der Waals surface area contributed by atoms with Gasteiger partial charge in [-0.1, -0.05) is 12.1 Å². The Morgan fingerprint density at radius 3 is 2.39 bits per heavy atom. The number of rotatable bonds is 5. The van der Waals surface area contributed by atoms with Gasteiger partial charge < -0.3 is 16.6 Å². The standard InChI is InChI=1S/C16H12N6O6/c17-15-13(16(18)24)14(8-2-1-3-10(23)6-8)19-20(15)11-5-4-9(21(25)26)7-12(11)22(27)28/h1-7,23H,17H2,(H2,18,24). The van der Waals surface area contributed by atoms with E-state index >= 15 is 0 Å². The van der Waals surface area contributed by atoms with Crippen LogP contribution in [-0.2, 0) is 0 Å². The van der Waals surface area contributed by atoms with Crippen molar-refractivity contribution in [2.45, 2.75) is 0 Å². The number of primary amides is 1. The number of nitro groups is 2. The minimum atomic E-state index is -0.938. The van der Waals surface area contributed by atoms with Crippen LogP contribution < -0.4 is 11.5 Å². The third-order valence-electron chi connectivity index (χ3n) is 3.88. The number of carbonyl (C=O) groups excluding carboxylic acids is 1. The van der Waals surface area contributed by atoms with Crippen molar-refractivity contribution in [1.82, 2.24) is 9.78 Å². The van der Waals surface area contributed by atoms with Gasteiger partial charge in [-0.3, -0.25) is 25.0 Å². The molecule has 0 saturated heterocycles. The van der Waals surface area contributed by atoms with Gasteiger partial charge in [0, 0.05) is 11.6 Å². The molecule has 0 bridgehead atoms. The Morgan fingerprint density at radius 1 is 1.11 bits per heavy atom. The Balaban J connectivity index is 2.30. The molecule has 3 rings (SSSR count). The third-order valence-corrected chi connectivity index (χ3v) is 3.88. The number of nitrogens with two attached hydrogens (primary N) is 2. The van der Waals surface area contributed by atoms with E-state index in [9.17, 15) is 30.1 Å². The topological polar surface area (TPSA) is 193 Å². The highest BCUT2D eigenvalue weighted by atomic mass is 16.6. The second-order valence-electron chi connectivity index (χ2n) is 5.62. The van der Waals surface area contributed by atoms with E-state index in [2.05, 4.69) is 5.10 Å². The molecule has 12 heteroatoms. The van der Waals surface area contributed by atoms with E-state index < -0.39 is 27.1 Å². The summed E-state index contributed by atoms with van der Waals surface area (Å²) in [6, 6.07) is 8.63. The molecule has 0 saturated carbocycles. The van der Waals surface area contributed by atoms with Crippen LogP contribution in [0.1, 0.15) is 10.4 Å². The summed E-state index contributed by atoms with van der Waals surface area (Å²) >= 11 is 0. The van der Waals surface area contributed by atoms with Crippen molar-refractivity contribution in [3.8, 4) is 22.7 Å². The second-order valence-corrected chi connectivity index (χ2v) is 5.62. The van der Waals surface area contributed by atoms with Crippen molar-refractivity contribution in [1.29, 1.82) is 0 Å². The molecule has 1 aromatic heterocycles. The molecule has 5 N–H and O–H groups in total. The molecule has 1 amide bonds. The molecule has 0 radical (unpaired) electrons. The van der Waals surface area contributed by atoms with E-state index in [4.69, 9.17) is 11.5 Å². The average Bonchev–Trinajstić information content (AvgIpc) is 2.98. The number of benzene rings is 2. The number of phenolic OH excluding ortho intramolecular Hbond substituents is 1. The molecule has 0 fully saturated rings. The Hall–Kier alpha value is -4.48. The van der Waals surface area contributed by atoms with Gasteiger partial charge in [0.2, 0.25) is 0 Å². The first-order chi connectivity index (χ1) is 13.2. The normalized spacial score (nSPS) is 10.6. The van der Waals surface area contributed by atoms with Crippen LogP contribution in [-0.4, -0.2) is 30.6 Å². The van der Waals surface area contributed by atoms with Gasteiger partial charge in [0.05, 0.1) is 15.9 Å². The van der Waals surface area contributed by atoms with Gasteiger partial charge in [-0.05, 0) is 18.2 Å². The van der Waals surface area contributed by atoms with E-state index in [-0.39, 0.29) is 28.5 Å². The zero-order valence-electron chi connectivity index (χ0n) is 14.0. The quantitative estimate of drug-likeness (QED) is 0.437. The zero-order chi connectivity index (χ0) is 20.6. The van der Waals surface area contributed by atoms with Crippen molar-refractivity contribution < 1.29 is 19.7 Å². The van der Waals surface area contributed by atoms with Gasteiger partial charge >= 0.3 is 5.69 Å². The number of hydrogen-bond donors (Lipinski definition) is 3. The van der Waals surface area contributed by atoms with Crippen molar-refractivity contribution >= 4 is 23.1 Å². The first-order valence-corrected chi connectivity index (χ1v) is 7.61. The van der Waals surface area contributed by atoms with Crippen LogP contribution in [0.25, 0.3) is 16.9 Å². The van der Waals surface area contributed by atoms with Gasteiger partial charge in [-0.15, -0.1) is 0 Å². The largest absolute Gasteiger partial charge is 0.508 e. The molecule has 1 heterocycles. The predicted molar refractivity (Wildman–Crippen MR) is 96.9 cm³/mol. The maximum atomic E-state index is 11.9. The molecule has 0 unspecified atom stereocenters. The number of hydrogen-bond acceptors (Lipinski definition) is 8. The maximum Gasteiger partial charge on any atom is 0.301 e. The van der Waals surface area contributed by atoms with Crippen LogP contribution in [0.15, 0.2) is 42.5 Å². The lowest BCUT2D eigenvalue weighted by molar-refractivity contribution is -0.394. The molecule has 142 valence electrons. The van der Waals surface area contributed by atoms with Crippen LogP contribution in [0.2, 0.25) is 0 Å². The second kappa shape index (κ2) is 6.68. The monoisotopic (exact) mass is 384 g/mol. The number of amides is 1. The van der Waals surface area contributed by atoms with Gasteiger partial charge in [0.1, 0.15) is 28.5 Å². The Bertz CT molecular complexity index is 1140. The van der Waals surface area contributed by atoms with E-state index in [1.807, 2.05) is 0 Å². The minimum Gasteiger partial charge on any atom is -0.508 e.